The Morgan fingerprint density at radius 2 is 1.60 bits per heavy atom. The maximum atomic E-state index is 13.3. The van der Waals surface area contributed by atoms with Crippen LogP contribution in [-0.2, 0) is 26.0 Å². The summed E-state index contributed by atoms with van der Waals surface area (Å²) in [6.45, 7) is 2.65. The molecule has 10 heteroatoms. The summed E-state index contributed by atoms with van der Waals surface area (Å²) >= 11 is 0. The summed E-state index contributed by atoms with van der Waals surface area (Å²) in [4.78, 5) is 29.0. The second-order valence-corrected chi connectivity index (χ2v) is 10.9. The number of ether oxygens (including phenoxy) is 2. The monoisotopic (exact) mass is 499 g/mol. The van der Waals surface area contributed by atoms with Crippen molar-refractivity contribution in [1.29, 1.82) is 0 Å². The number of sulfonamides is 1. The second-order valence-electron chi connectivity index (χ2n) is 8.94. The molecule has 2 fully saturated rings. The van der Waals surface area contributed by atoms with Crippen molar-refractivity contribution in [3.63, 3.8) is 0 Å². The van der Waals surface area contributed by atoms with E-state index in [-0.39, 0.29) is 36.2 Å². The Kier molecular flexibility index (Phi) is 6.77. The molecular formula is C25H29N3O6S. The van der Waals surface area contributed by atoms with Crippen molar-refractivity contribution >= 4 is 21.8 Å². The molecular weight excluding hydrogens is 470 g/mol. The van der Waals surface area contributed by atoms with Gasteiger partial charge in [-0.3, -0.25) is 19.4 Å². The molecule has 0 bridgehead atoms. The van der Waals surface area contributed by atoms with Gasteiger partial charge in [0.05, 0.1) is 30.6 Å². The first kappa shape index (κ1) is 23.8. The summed E-state index contributed by atoms with van der Waals surface area (Å²) in [6.07, 6.45) is 1.50. The Balaban J connectivity index is 1.20. The first-order valence-electron chi connectivity index (χ1n) is 12.0. The zero-order valence-corrected chi connectivity index (χ0v) is 20.3. The molecule has 2 amide bonds. The van der Waals surface area contributed by atoms with Gasteiger partial charge in [0.15, 0.2) is 11.5 Å². The van der Waals surface area contributed by atoms with Crippen molar-refractivity contribution in [2.24, 2.45) is 0 Å². The molecule has 3 heterocycles. The highest BCUT2D eigenvalue weighted by molar-refractivity contribution is 7.89. The van der Waals surface area contributed by atoms with Gasteiger partial charge < -0.3 is 9.47 Å². The number of amides is 2. The van der Waals surface area contributed by atoms with E-state index in [0.717, 1.165) is 12.0 Å². The number of piperazine rings is 1. The average molecular weight is 500 g/mol. The predicted molar refractivity (Wildman–Crippen MR) is 128 cm³/mol. The van der Waals surface area contributed by atoms with E-state index in [1.165, 1.54) is 15.3 Å². The highest BCUT2D eigenvalue weighted by atomic mass is 32.2. The molecule has 0 radical (unpaired) electrons. The molecule has 9 nitrogen and oxygen atoms in total. The second kappa shape index (κ2) is 9.96. The lowest BCUT2D eigenvalue weighted by atomic mass is 10.1. The molecule has 0 unspecified atom stereocenters. The molecule has 0 aliphatic carbocycles. The number of nitrogens with zero attached hydrogens (tertiary/aromatic N) is 3. The molecule has 3 aliphatic rings. The van der Waals surface area contributed by atoms with Crippen molar-refractivity contribution in [3.8, 4) is 11.5 Å². The van der Waals surface area contributed by atoms with Gasteiger partial charge in [-0.2, -0.15) is 4.31 Å². The topological polar surface area (TPSA) is 96.5 Å². The number of carbonyl (C=O) groups excluding carboxylic acids is 2. The van der Waals surface area contributed by atoms with Crippen molar-refractivity contribution in [2.75, 3.05) is 45.9 Å². The average Bonchev–Trinajstić information content (AvgIpc) is 3.02. The standard InChI is InChI=1S/C25H29N3O6S/c29-24-18-21(25(30)28(24)10-9-19-5-2-1-3-6-19)26-11-13-27(14-12-26)35(31,32)20-7-8-22-23(17-20)34-16-4-15-33-22/h1-3,5-8,17,21H,4,9-16,18H2/t21-/m0/s1. The van der Waals surface area contributed by atoms with Crippen LogP contribution >= 0.6 is 0 Å². The van der Waals surface area contributed by atoms with E-state index >= 15 is 0 Å². The Labute approximate surface area is 205 Å². The zero-order valence-electron chi connectivity index (χ0n) is 19.5. The third-order valence-corrected chi connectivity index (χ3v) is 8.65. The number of likely N-dealkylation sites (tertiary alicyclic amines) is 1. The van der Waals surface area contributed by atoms with Crippen LogP contribution in [0.2, 0.25) is 0 Å². The van der Waals surface area contributed by atoms with Gasteiger partial charge >= 0.3 is 0 Å². The van der Waals surface area contributed by atoms with Gasteiger partial charge in [0, 0.05) is 45.2 Å². The number of fused-ring (bicyclic) bond motifs is 1. The molecule has 35 heavy (non-hydrogen) atoms. The summed E-state index contributed by atoms with van der Waals surface area (Å²) in [7, 11) is -3.72. The minimum Gasteiger partial charge on any atom is -0.490 e. The Morgan fingerprint density at radius 3 is 2.34 bits per heavy atom. The number of carbonyl (C=O) groups is 2. The van der Waals surface area contributed by atoms with E-state index in [9.17, 15) is 18.0 Å². The fourth-order valence-corrected chi connectivity index (χ4v) is 6.22. The summed E-state index contributed by atoms with van der Waals surface area (Å²) in [5.41, 5.74) is 1.07. The van der Waals surface area contributed by atoms with Gasteiger partial charge in [-0.1, -0.05) is 30.3 Å². The Bertz CT molecular complexity index is 1190. The van der Waals surface area contributed by atoms with Crippen molar-refractivity contribution in [2.45, 2.75) is 30.2 Å². The lowest BCUT2D eigenvalue weighted by Crippen LogP contribution is -2.53. The van der Waals surface area contributed by atoms with Gasteiger partial charge in [-0.05, 0) is 24.1 Å². The molecule has 2 aromatic carbocycles. The smallest absolute Gasteiger partial charge is 0.247 e. The summed E-state index contributed by atoms with van der Waals surface area (Å²) in [6, 6.07) is 13.9. The predicted octanol–water partition coefficient (Wildman–Crippen LogP) is 1.52. The number of benzene rings is 2. The van der Waals surface area contributed by atoms with E-state index in [4.69, 9.17) is 9.47 Å². The maximum absolute atomic E-state index is 13.3. The van der Waals surface area contributed by atoms with Crippen molar-refractivity contribution in [3.05, 3.63) is 54.1 Å². The summed E-state index contributed by atoms with van der Waals surface area (Å²) in [5.74, 6) is 0.628. The van der Waals surface area contributed by atoms with E-state index in [1.807, 2.05) is 35.2 Å². The third-order valence-electron chi connectivity index (χ3n) is 6.76. The van der Waals surface area contributed by atoms with Crippen LogP contribution in [0.1, 0.15) is 18.4 Å². The lowest BCUT2D eigenvalue weighted by Gasteiger charge is -2.36. The number of rotatable bonds is 6. The fourth-order valence-electron chi connectivity index (χ4n) is 4.78. The minimum absolute atomic E-state index is 0.141. The Morgan fingerprint density at radius 1 is 0.886 bits per heavy atom. The number of imide groups is 1. The largest absolute Gasteiger partial charge is 0.490 e. The van der Waals surface area contributed by atoms with Gasteiger partial charge in [-0.15, -0.1) is 0 Å². The fraction of sp³-hybridized carbons (Fsp3) is 0.440. The SMILES string of the molecule is O=C1C[C@H](N2CCN(S(=O)(=O)c3ccc4c(c3)OCCCO4)CC2)C(=O)N1CCc1ccccc1. The van der Waals surface area contributed by atoms with Gasteiger partial charge in [-0.25, -0.2) is 8.42 Å². The number of hydrogen-bond donors (Lipinski definition) is 0. The molecule has 5 rings (SSSR count). The number of hydrogen-bond acceptors (Lipinski definition) is 7. The van der Waals surface area contributed by atoms with Gasteiger partial charge in [0.25, 0.3) is 0 Å². The van der Waals surface area contributed by atoms with E-state index in [1.54, 1.807) is 12.1 Å². The van der Waals surface area contributed by atoms with E-state index in [0.29, 0.717) is 50.8 Å². The van der Waals surface area contributed by atoms with Crippen molar-refractivity contribution < 1.29 is 27.5 Å². The normalized spacial score (nSPS) is 21.8. The molecule has 2 saturated heterocycles. The van der Waals surface area contributed by atoms with Crippen molar-refractivity contribution in [1.82, 2.24) is 14.1 Å². The first-order valence-corrected chi connectivity index (χ1v) is 13.4. The molecule has 2 aromatic rings. The highest BCUT2D eigenvalue weighted by Gasteiger charge is 2.43. The Hall–Kier alpha value is -2.95. The minimum atomic E-state index is -3.72. The van der Waals surface area contributed by atoms with Crippen LogP contribution in [0, 0.1) is 0 Å². The molecule has 1 atom stereocenters. The van der Waals surface area contributed by atoms with Crippen LogP contribution in [0.15, 0.2) is 53.4 Å². The third kappa shape index (κ3) is 4.91. The summed E-state index contributed by atoms with van der Waals surface area (Å²) < 4.78 is 39.2. The highest BCUT2D eigenvalue weighted by Crippen LogP contribution is 2.33. The summed E-state index contributed by atoms with van der Waals surface area (Å²) in [5, 5.41) is 0. The maximum Gasteiger partial charge on any atom is 0.247 e. The molecule has 0 aromatic heterocycles. The van der Waals surface area contributed by atoms with Gasteiger partial charge in [0.1, 0.15) is 0 Å². The van der Waals surface area contributed by atoms with Crippen LogP contribution in [0.5, 0.6) is 11.5 Å². The molecule has 186 valence electrons. The van der Waals surface area contributed by atoms with Crippen LogP contribution in [0.3, 0.4) is 0 Å². The van der Waals surface area contributed by atoms with E-state index < -0.39 is 16.1 Å². The van der Waals surface area contributed by atoms with E-state index in [2.05, 4.69) is 0 Å². The lowest BCUT2D eigenvalue weighted by molar-refractivity contribution is -0.139. The first-order chi connectivity index (χ1) is 16.9. The van der Waals surface area contributed by atoms with Crippen LogP contribution < -0.4 is 9.47 Å². The zero-order chi connectivity index (χ0) is 24.4. The van der Waals surface area contributed by atoms with Crippen LogP contribution in [0.4, 0.5) is 0 Å². The molecule has 0 N–H and O–H groups in total. The molecule has 0 spiro atoms. The molecule has 3 aliphatic heterocycles. The van der Waals surface area contributed by atoms with Crippen LogP contribution in [0.25, 0.3) is 0 Å². The van der Waals surface area contributed by atoms with Crippen LogP contribution in [-0.4, -0.2) is 86.3 Å². The quantitative estimate of drug-likeness (QED) is 0.556. The molecule has 0 saturated carbocycles. The van der Waals surface area contributed by atoms with Gasteiger partial charge in [0.2, 0.25) is 21.8 Å².